The van der Waals surface area contributed by atoms with Gasteiger partial charge in [0.15, 0.2) is 9.84 Å². The SMILES string of the molecule is C=CCS(=O)(=O)C/C=C/SSC/C=C/CCC. The molecule has 0 bridgehead atoms. The van der Waals surface area contributed by atoms with E-state index in [0.29, 0.717) is 0 Å². The van der Waals surface area contributed by atoms with Crippen molar-refractivity contribution in [3.8, 4) is 0 Å². The van der Waals surface area contributed by atoms with Crippen LogP contribution in [0.5, 0.6) is 0 Å². The van der Waals surface area contributed by atoms with Crippen molar-refractivity contribution in [2.24, 2.45) is 0 Å². The Morgan fingerprint density at radius 2 is 1.94 bits per heavy atom. The van der Waals surface area contributed by atoms with Gasteiger partial charge in [-0.2, -0.15) is 0 Å². The average Bonchev–Trinajstić information content (AvgIpc) is 2.27. The van der Waals surface area contributed by atoms with E-state index in [2.05, 4.69) is 25.7 Å². The van der Waals surface area contributed by atoms with Crippen LogP contribution in [0.15, 0.2) is 36.3 Å². The summed E-state index contributed by atoms with van der Waals surface area (Å²) in [5, 5.41) is 1.83. The van der Waals surface area contributed by atoms with Gasteiger partial charge in [-0.3, -0.25) is 0 Å². The summed E-state index contributed by atoms with van der Waals surface area (Å²) in [5.74, 6) is 1.10. The second-order valence-electron chi connectivity index (χ2n) is 3.38. The van der Waals surface area contributed by atoms with Gasteiger partial charge in [0.2, 0.25) is 0 Å². The molecule has 0 heterocycles. The molecule has 0 spiro atoms. The van der Waals surface area contributed by atoms with Crippen LogP contribution in [0.25, 0.3) is 0 Å². The van der Waals surface area contributed by atoms with Crippen molar-refractivity contribution < 1.29 is 8.42 Å². The summed E-state index contributed by atoms with van der Waals surface area (Å²) in [4.78, 5) is 0. The standard InChI is InChI=1S/C12H20O2S3/c1-3-5-6-7-9-15-16-10-8-12-17(13,14)11-4-2/h4,6-8,10H,2-3,5,9,11-12H2,1H3/b7-6+,10-8+. The van der Waals surface area contributed by atoms with Gasteiger partial charge >= 0.3 is 0 Å². The molecule has 0 fully saturated rings. The molecule has 0 radical (unpaired) electrons. The highest BCUT2D eigenvalue weighted by Crippen LogP contribution is 2.22. The third kappa shape index (κ3) is 12.1. The van der Waals surface area contributed by atoms with Gasteiger partial charge in [-0.25, -0.2) is 8.42 Å². The summed E-state index contributed by atoms with van der Waals surface area (Å²) in [6.07, 6.45) is 9.72. The predicted octanol–water partition coefficient (Wildman–Crippen LogP) is 3.84. The summed E-state index contributed by atoms with van der Waals surface area (Å²) in [6, 6.07) is 0. The summed E-state index contributed by atoms with van der Waals surface area (Å²) in [6.45, 7) is 5.57. The van der Waals surface area contributed by atoms with Gasteiger partial charge in [0.1, 0.15) is 0 Å². The van der Waals surface area contributed by atoms with E-state index in [0.717, 1.165) is 12.2 Å². The molecule has 0 aromatic carbocycles. The summed E-state index contributed by atoms with van der Waals surface area (Å²) in [7, 11) is 0.283. The monoisotopic (exact) mass is 292 g/mol. The fourth-order valence-corrected chi connectivity index (χ4v) is 3.44. The molecule has 98 valence electrons. The van der Waals surface area contributed by atoms with Crippen LogP contribution in [0.2, 0.25) is 0 Å². The third-order valence-corrected chi connectivity index (χ3v) is 5.09. The first-order valence-corrected chi connectivity index (χ1v) is 9.72. The molecule has 2 nitrogen and oxygen atoms in total. The Bertz CT molecular complexity index is 343. The molecule has 0 unspecified atom stereocenters. The maximum Gasteiger partial charge on any atom is 0.157 e. The van der Waals surface area contributed by atoms with E-state index in [4.69, 9.17) is 0 Å². The molecule has 0 aromatic rings. The fourth-order valence-electron chi connectivity index (χ4n) is 0.943. The Kier molecular flexibility index (Phi) is 10.9. The molecule has 17 heavy (non-hydrogen) atoms. The van der Waals surface area contributed by atoms with Crippen LogP contribution in [0.3, 0.4) is 0 Å². The molecule has 0 N–H and O–H groups in total. The molecule has 0 aliphatic carbocycles. The van der Waals surface area contributed by atoms with Crippen molar-refractivity contribution in [3.05, 3.63) is 36.3 Å². The Hall–Kier alpha value is -0.130. The Morgan fingerprint density at radius 3 is 2.59 bits per heavy atom. The molecule has 0 aromatic heterocycles. The van der Waals surface area contributed by atoms with Crippen molar-refractivity contribution >= 4 is 31.4 Å². The molecule has 0 aliphatic heterocycles. The fraction of sp³-hybridized carbons (Fsp3) is 0.500. The zero-order chi connectivity index (χ0) is 13.0. The largest absolute Gasteiger partial charge is 0.228 e. The lowest BCUT2D eigenvalue weighted by Crippen LogP contribution is -2.06. The lowest BCUT2D eigenvalue weighted by molar-refractivity contribution is 0.602. The van der Waals surface area contributed by atoms with Crippen molar-refractivity contribution in [2.75, 3.05) is 17.3 Å². The first-order valence-electron chi connectivity index (χ1n) is 5.52. The van der Waals surface area contributed by atoms with Crippen molar-refractivity contribution in [3.63, 3.8) is 0 Å². The molecular weight excluding hydrogens is 272 g/mol. The number of allylic oxidation sites excluding steroid dienone is 1. The van der Waals surface area contributed by atoms with Crippen molar-refractivity contribution in [2.45, 2.75) is 19.8 Å². The van der Waals surface area contributed by atoms with Gasteiger partial charge in [0, 0.05) is 5.75 Å². The topological polar surface area (TPSA) is 34.1 Å². The molecule has 0 rings (SSSR count). The van der Waals surface area contributed by atoms with E-state index < -0.39 is 9.84 Å². The van der Waals surface area contributed by atoms with Crippen LogP contribution in [0, 0.1) is 0 Å². The van der Waals surface area contributed by atoms with E-state index in [1.165, 1.54) is 12.5 Å². The molecule has 0 saturated carbocycles. The van der Waals surface area contributed by atoms with Gasteiger partial charge in [-0.1, -0.05) is 59.2 Å². The van der Waals surface area contributed by atoms with Gasteiger partial charge in [-0.05, 0) is 11.8 Å². The quantitative estimate of drug-likeness (QED) is 0.348. The normalized spacial score (nSPS) is 12.5. The van der Waals surface area contributed by atoms with Crippen molar-refractivity contribution in [1.82, 2.24) is 0 Å². The maximum atomic E-state index is 11.3. The van der Waals surface area contributed by atoms with Gasteiger partial charge in [0.25, 0.3) is 0 Å². The van der Waals surface area contributed by atoms with E-state index in [1.54, 1.807) is 27.7 Å². The number of hydrogen-bond donors (Lipinski definition) is 0. The Morgan fingerprint density at radius 1 is 1.18 bits per heavy atom. The average molecular weight is 292 g/mol. The lowest BCUT2D eigenvalue weighted by atomic mass is 10.3. The highest BCUT2D eigenvalue weighted by atomic mass is 33.1. The minimum atomic E-state index is -2.98. The molecule has 0 atom stereocenters. The van der Waals surface area contributed by atoms with Crippen LogP contribution in [-0.2, 0) is 9.84 Å². The smallest absolute Gasteiger partial charge is 0.157 e. The highest BCUT2D eigenvalue weighted by molar-refractivity contribution is 8.77. The molecule has 0 aliphatic rings. The van der Waals surface area contributed by atoms with Crippen LogP contribution in [0.4, 0.5) is 0 Å². The van der Waals surface area contributed by atoms with Crippen LogP contribution >= 0.6 is 21.6 Å². The van der Waals surface area contributed by atoms with Crippen LogP contribution < -0.4 is 0 Å². The van der Waals surface area contributed by atoms with Gasteiger partial charge in [0.05, 0.1) is 11.5 Å². The number of sulfone groups is 1. The third-order valence-electron chi connectivity index (χ3n) is 1.73. The van der Waals surface area contributed by atoms with Crippen LogP contribution in [0.1, 0.15) is 19.8 Å². The number of unbranched alkanes of at least 4 members (excludes halogenated alkanes) is 1. The van der Waals surface area contributed by atoms with Crippen LogP contribution in [-0.4, -0.2) is 25.7 Å². The summed E-state index contributed by atoms with van der Waals surface area (Å²) < 4.78 is 22.6. The minimum Gasteiger partial charge on any atom is -0.228 e. The van der Waals surface area contributed by atoms with E-state index in [-0.39, 0.29) is 11.5 Å². The highest BCUT2D eigenvalue weighted by Gasteiger charge is 2.03. The lowest BCUT2D eigenvalue weighted by Gasteiger charge is -1.95. The second-order valence-corrected chi connectivity index (χ2v) is 7.85. The zero-order valence-electron chi connectivity index (χ0n) is 10.2. The van der Waals surface area contributed by atoms with E-state index in [1.807, 2.05) is 5.41 Å². The number of hydrogen-bond acceptors (Lipinski definition) is 4. The number of rotatable bonds is 10. The maximum absolute atomic E-state index is 11.3. The minimum absolute atomic E-state index is 0.0505. The molecule has 5 heteroatoms. The Balaban J connectivity index is 3.58. The summed E-state index contributed by atoms with van der Waals surface area (Å²) in [5.41, 5.74) is 0. The molecular formula is C12H20O2S3. The second kappa shape index (κ2) is 11.0. The van der Waals surface area contributed by atoms with Gasteiger partial charge in [-0.15, -0.1) is 6.58 Å². The summed E-state index contributed by atoms with van der Waals surface area (Å²) >= 11 is 0. The zero-order valence-corrected chi connectivity index (χ0v) is 12.6. The Labute approximate surface area is 113 Å². The molecule has 0 saturated heterocycles. The van der Waals surface area contributed by atoms with E-state index in [9.17, 15) is 8.42 Å². The predicted molar refractivity (Wildman–Crippen MR) is 82.1 cm³/mol. The first-order chi connectivity index (χ1) is 8.12. The van der Waals surface area contributed by atoms with Gasteiger partial charge < -0.3 is 0 Å². The first kappa shape index (κ1) is 16.9. The van der Waals surface area contributed by atoms with Crippen molar-refractivity contribution in [1.29, 1.82) is 0 Å². The van der Waals surface area contributed by atoms with E-state index >= 15 is 0 Å². The molecule has 0 amide bonds.